The van der Waals surface area contributed by atoms with Gasteiger partial charge in [0.25, 0.3) is 0 Å². The van der Waals surface area contributed by atoms with Crippen LogP contribution in [0, 0.1) is 5.82 Å². The summed E-state index contributed by atoms with van der Waals surface area (Å²) in [5.74, 6) is -1.32. The van der Waals surface area contributed by atoms with Crippen molar-refractivity contribution in [2.75, 3.05) is 0 Å². The van der Waals surface area contributed by atoms with Crippen LogP contribution in [0.25, 0.3) is 22.4 Å². The molecule has 0 aliphatic heterocycles. The fourth-order valence-electron chi connectivity index (χ4n) is 2.04. The lowest BCUT2D eigenvalue weighted by Gasteiger charge is -2.01. The van der Waals surface area contributed by atoms with E-state index in [9.17, 15) is 9.18 Å². The van der Waals surface area contributed by atoms with Crippen molar-refractivity contribution in [2.45, 2.75) is 0 Å². The first-order valence-corrected chi connectivity index (χ1v) is 7.01. The maximum atomic E-state index is 13.9. The van der Waals surface area contributed by atoms with Crippen LogP contribution >= 0.6 is 27.5 Å². The quantitative estimate of drug-likeness (QED) is 0.700. The van der Waals surface area contributed by atoms with E-state index in [1.165, 1.54) is 24.3 Å². The van der Waals surface area contributed by atoms with Gasteiger partial charge in [-0.2, -0.15) is 0 Å². The zero-order valence-electron chi connectivity index (χ0n) is 10.3. The molecule has 7 heteroatoms. The van der Waals surface area contributed by atoms with Crippen molar-refractivity contribution in [3.8, 4) is 11.4 Å². The summed E-state index contributed by atoms with van der Waals surface area (Å²) >= 11 is 9.28. The molecule has 4 nitrogen and oxygen atoms in total. The molecule has 2 aromatic carbocycles. The summed E-state index contributed by atoms with van der Waals surface area (Å²) in [6.07, 6.45) is 0. The van der Waals surface area contributed by atoms with Gasteiger partial charge >= 0.3 is 5.97 Å². The number of carbonyl (C=O) groups is 1. The van der Waals surface area contributed by atoms with E-state index in [1.54, 1.807) is 6.07 Å². The molecule has 0 fully saturated rings. The van der Waals surface area contributed by atoms with Crippen LogP contribution in [0.3, 0.4) is 0 Å². The van der Waals surface area contributed by atoms with Crippen molar-refractivity contribution >= 4 is 44.5 Å². The van der Waals surface area contributed by atoms with E-state index in [-0.39, 0.29) is 22.0 Å². The van der Waals surface area contributed by atoms with E-state index in [0.29, 0.717) is 15.5 Å². The zero-order valence-corrected chi connectivity index (χ0v) is 12.7. The monoisotopic (exact) mass is 368 g/mol. The third-order valence-electron chi connectivity index (χ3n) is 2.99. The highest BCUT2D eigenvalue weighted by Gasteiger charge is 2.16. The van der Waals surface area contributed by atoms with Crippen LogP contribution in [-0.4, -0.2) is 21.0 Å². The molecule has 1 aromatic heterocycles. The topological polar surface area (TPSA) is 66.0 Å². The summed E-state index contributed by atoms with van der Waals surface area (Å²) in [6.45, 7) is 0. The van der Waals surface area contributed by atoms with Gasteiger partial charge in [-0.3, -0.25) is 0 Å². The normalized spacial score (nSPS) is 11.0. The number of H-pyrrole nitrogens is 1. The molecular weight excluding hydrogens is 363 g/mol. The van der Waals surface area contributed by atoms with Crippen LogP contribution < -0.4 is 0 Å². The number of nitrogens with zero attached hydrogens (tertiary/aromatic N) is 1. The van der Waals surface area contributed by atoms with Crippen molar-refractivity contribution < 1.29 is 14.3 Å². The van der Waals surface area contributed by atoms with Crippen molar-refractivity contribution in [1.29, 1.82) is 0 Å². The molecule has 0 unspecified atom stereocenters. The van der Waals surface area contributed by atoms with Crippen LogP contribution in [0.5, 0.6) is 0 Å². The molecular formula is C14H7BrClFN2O2. The summed E-state index contributed by atoms with van der Waals surface area (Å²) < 4.78 is 14.5. The lowest BCUT2D eigenvalue weighted by molar-refractivity contribution is 0.0697. The number of benzene rings is 2. The fraction of sp³-hybridized carbons (Fsp3) is 0. The van der Waals surface area contributed by atoms with Crippen molar-refractivity contribution in [3.05, 3.63) is 51.2 Å². The highest BCUT2D eigenvalue weighted by molar-refractivity contribution is 9.10. The average Bonchev–Trinajstić information content (AvgIpc) is 2.82. The summed E-state index contributed by atoms with van der Waals surface area (Å²) in [6, 6.07) is 7.21. The maximum Gasteiger partial charge on any atom is 0.335 e. The van der Waals surface area contributed by atoms with E-state index in [2.05, 4.69) is 25.9 Å². The van der Waals surface area contributed by atoms with Crippen LogP contribution in [0.2, 0.25) is 5.02 Å². The van der Waals surface area contributed by atoms with Crippen molar-refractivity contribution in [2.24, 2.45) is 0 Å². The summed E-state index contributed by atoms with van der Waals surface area (Å²) in [7, 11) is 0. The average molecular weight is 370 g/mol. The fourth-order valence-corrected chi connectivity index (χ4v) is 2.84. The number of aromatic amines is 1. The standard InChI is InChI=1S/C14H7BrClFN2O2/c15-7-4-6(14(20)21)5-10-12(7)19-13(18-10)11-8(16)2-1-3-9(11)17/h1-5H,(H,18,19)(H,20,21). The first kappa shape index (κ1) is 14.0. The molecule has 2 N–H and O–H groups in total. The number of nitrogens with one attached hydrogen (secondary N) is 1. The first-order valence-electron chi connectivity index (χ1n) is 5.84. The van der Waals surface area contributed by atoms with Crippen molar-refractivity contribution in [3.63, 3.8) is 0 Å². The van der Waals surface area contributed by atoms with E-state index in [1.807, 2.05) is 0 Å². The summed E-state index contributed by atoms with van der Waals surface area (Å²) in [4.78, 5) is 18.2. The van der Waals surface area contributed by atoms with Crippen LogP contribution in [0.1, 0.15) is 10.4 Å². The number of aromatic nitrogens is 2. The van der Waals surface area contributed by atoms with Crippen LogP contribution in [0.15, 0.2) is 34.8 Å². The van der Waals surface area contributed by atoms with Crippen molar-refractivity contribution in [1.82, 2.24) is 9.97 Å². The Labute approximate surface area is 131 Å². The number of carboxylic acids is 1. The minimum atomic E-state index is -1.06. The number of aromatic carboxylic acids is 1. The lowest BCUT2D eigenvalue weighted by atomic mass is 10.2. The molecule has 0 saturated carbocycles. The van der Waals surface area contributed by atoms with E-state index in [0.717, 1.165) is 0 Å². The SMILES string of the molecule is O=C(O)c1cc(Br)c2[nH]c(-c3c(F)cccc3Cl)nc2c1. The molecule has 0 atom stereocenters. The molecule has 0 amide bonds. The number of carboxylic acid groups (broad SMARTS) is 1. The van der Waals surface area contributed by atoms with Gasteiger partial charge < -0.3 is 10.1 Å². The highest BCUT2D eigenvalue weighted by atomic mass is 79.9. The Kier molecular flexibility index (Phi) is 3.43. The zero-order chi connectivity index (χ0) is 15.1. The molecule has 0 saturated heterocycles. The number of imidazole rings is 1. The van der Waals surface area contributed by atoms with Gasteiger partial charge in [-0.25, -0.2) is 14.2 Å². The van der Waals surface area contributed by atoms with Gasteiger partial charge in [0.15, 0.2) is 0 Å². The van der Waals surface area contributed by atoms with Gasteiger partial charge in [-0.05, 0) is 40.2 Å². The minimum Gasteiger partial charge on any atom is -0.478 e. The van der Waals surface area contributed by atoms with E-state index in [4.69, 9.17) is 16.7 Å². The molecule has 21 heavy (non-hydrogen) atoms. The molecule has 1 heterocycles. The molecule has 0 spiro atoms. The number of hydrogen-bond acceptors (Lipinski definition) is 2. The summed E-state index contributed by atoms with van der Waals surface area (Å²) in [5, 5.41) is 9.27. The predicted molar refractivity (Wildman–Crippen MR) is 81.2 cm³/mol. The first-order chi connectivity index (χ1) is 9.97. The van der Waals surface area contributed by atoms with Gasteiger partial charge in [0, 0.05) is 4.47 Å². The lowest BCUT2D eigenvalue weighted by Crippen LogP contribution is -1.95. The Balaban J connectivity index is 2.27. The third-order valence-corrected chi connectivity index (χ3v) is 3.93. The Morgan fingerprint density at radius 2 is 2.14 bits per heavy atom. The van der Waals surface area contributed by atoms with Gasteiger partial charge in [0.1, 0.15) is 11.6 Å². The minimum absolute atomic E-state index is 0.0899. The Morgan fingerprint density at radius 1 is 1.38 bits per heavy atom. The number of hydrogen-bond donors (Lipinski definition) is 2. The third kappa shape index (κ3) is 2.41. The largest absolute Gasteiger partial charge is 0.478 e. The van der Waals surface area contributed by atoms with Gasteiger partial charge in [0.2, 0.25) is 0 Å². The second kappa shape index (κ2) is 5.13. The molecule has 0 aliphatic rings. The Morgan fingerprint density at radius 3 is 2.81 bits per heavy atom. The number of halogens is 3. The molecule has 3 aromatic rings. The van der Waals surface area contributed by atoms with E-state index < -0.39 is 11.8 Å². The molecule has 0 bridgehead atoms. The summed E-state index contributed by atoms with van der Waals surface area (Å²) in [5.41, 5.74) is 1.23. The molecule has 106 valence electrons. The molecule has 3 rings (SSSR count). The predicted octanol–water partition coefficient (Wildman–Crippen LogP) is 4.48. The molecule has 0 aliphatic carbocycles. The Hall–Kier alpha value is -1.92. The van der Waals surface area contributed by atoms with Crippen LogP contribution in [-0.2, 0) is 0 Å². The second-order valence-corrected chi connectivity index (χ2v) is 5.60. The number of rotatable bonds is 2. The smallest absolute Gasteiger partial charge is 0.335 e. The second-order valence-electron chi connectivity index (χ2n) is 4.34. The maximum absolute atomic E-state index is 13.9. The highest BCUT2D eigenvalue weighted by Crippen LogP contribution is 2.32. The van der Waals surface area contributed by atoms with Gasteiger partial charge in [-0.15, -0.1) is 0 Å². The van der Waals surface area contributed by atoms with E-state index >= 15 is 0 Å². The van der Waals surface area contributed by atoms with Crippen LogP contribution in [0.4, 0.5) is 4.39 Å². The number of fused-ring (bicyclic) bond motifs is 1. The Bertz CT molecular complexity index is 859. The van der Waals surface area contributed by atoms with Gasteiger partial charge in [0.05, 0.1) is 27.2 Å². The molecule has 0 radical (unpaired) electrons. The van der Waals surface area contributed by atoms with Gasteiger partial charge in [-0.1, -0.05) is 17.7 Å².